The van der Waals surface area contributed by atoms with Crippen molar-refractivity contribution in [2.45, 2.75) is 6.92 Å². The lowest BCUT2D eigenvalue weighted by molar-refractivity contribution is 0.413. The SMILES string of the molecule is COc1ccc([N+](C)(C)C)c(C)c1. The number of rotatable bonds is 2. The fourth-order valence-corrected chi connectivity index (χ4v) is 1.51. The molecule has 1 rings (SSSR count). The molecule has 0 aliphatic heterocycles. The van der Waals surface area contributed by atoms with Crippen molar-refractivity contribution < 1.29 is 4.74 Å². The van der Waals surface area contributed by atoms with Gasteiger partial charge in [-0.1, -0.05) is 0 Å². The number of ether oxygens (including phenoxy) is 1. The highest BCUT2D eigenvalue weighted by Gasteiger charge is 2.15. The van der Waals surface area contributed by atoms with Gasteiger partial charge in [0, 0.05) is 11.6 Å². The topological polar surface area (TPSA) is 9.23 Å². The van der Waals surface area contributed by atoms with Gasteiger partial charge in [-0.3, -0.25) is 4.48 Å². The van der Waals surface area contributed by atoms with Crippen LogP contribution in [0, 0.1) is 6.92 Å². The van der Waals surface area contributed by atoms with Crippen molar-refractivity contribution in [3.63, 3.8) is 0 Å². The Morgan fingerprint density at radius 2 is 1.77 bits per heavy atom. The Morgan fingerprint density at radius 1 is 1.15 bits per heavy atom. The number of quaternary nitrogens is 1. The second-order valence-corrected chi connectivity index (χ2v) is 4.16. The molecule has 1 aromatic rings. The summed E-state index contributed by atoms with van der Waals surface area (Å²) in [5.41, 5.74) is 2.59. The van der Waals surface area contributed by atoms with Crippen LogP contribution >= 0.6 is 0 Å². The summed E-state index contributed by atoms with van der Waals surface area (Å²) in [5.74, 6) is 0.926. The largest absolute Gasteiger partial charge is 0.497 e. The average molecular weight is 180 g/mol. The minimum absolute atomic E-state index is 0.843. The molecular formula is C11H18NO+. The van der Waals surface area contributed by atoms with Crippen LogP contribution in [0.15, 0.2) is 18.2 Å². The second-order valence-electron chi connectivity index (χ2n) is 4.16. The van der Waals surface area contributed by atoms with E-state index in [1.165, 1.54) is 11.3 Å². The summed E-state index contributed by atoms with van der Waals surface area (Å²) in [4.78, 5) is 0. The molecule has 0 radical (unpaired) electrons. The van der Waals surface area contributed by atoms with E-state index in [4.69, 9.17) is 4.74 Å². The van der Waals surface area contributed by atoms with Crippen molar-refractivity contribution >= 4 is 5.69 Å². The third kappa shape index (κ3) is 2.22. The van der Waals surface area contributed by atoms with Gasteiger partial charge in [-0.2, -0.15) is 0 Å². The fraction of sp³-hybridized carbons (Fsp3) is 0.455. The Morgan fingerprint density at radius 3 is 2.15 bits per heavy atom. The fourth-order valence-electron chi connectivity index (χ4n) is 1.51. The molecule has 0 saturated carbocycles. The van der Waals surface area contributed by atoms with E-state index in [-0.39, 0.29) is 0 Å². The van der Waals surface area contributed by atoms with Gasteiger partial charge in [0.25, 0.3) is 0 Å². The van der Waals surface area contributed by atoms with Crippen LogP contribution in [0.5, 0.6) is 5.75 Å². The zero-order chi connectivity index (χ0) is 10.1. The summed E-state index contributed by atoms with van der Waals surface area (Å²) in [6.07, 6.45) is 0. The van der Waals surface area contributed by atoms with E-state index in [1.54, 1.807) is 7.11 Å². The Labute approximate surface area is 80.3 Å². The van der Waals surface area contributed by atoms with Gasteiger partial charge in [-0.15, -0.1) is 0 Å². The molecule has 0 saturated heterocycles. The molecule has 0 aliphatic carbocycles. The molecule has 2 nitrogen and oxygen atoms in total. The van der Waals surface area contributed by atoms with E-state index < -0.39 is 0 Å². The van der Waals surface area contributed by atoms with Crippen molar-refractivity contribution in [1.29, 1.82) is 0 Å². The van der Waals surface area contributed by atoms with Gasteiger partial charge in [0.05, 0.1) is 28.3 Å². The molecule has 0 aromatic heterocycles. The van der Waals surface area contributed by atoms with Gasteiger partial charge in [0.15, 0.2) is 0 Å². The van der Waals surface area contributed by atoms with Crippen molar-refractivity contribution in [3.8, 4) is 5.75 Å². The maximum Gasteiger partial charge on any atom is 0.135 e. The number of hydrogen-bond donors (Lipinski definition) is 0. The molecule has 0 atom stereocenters. The van der Waals surface area contributed by atoms with Crippen molar-refractivity contribution in [1.82, 2.24) is 4.48 Å². The predicted octanol–water partition coefficient (Wildman–Crippen LogP) is 2.20. The van der Waals surface area contributed by atoms with Gasteiger partial charge in [-0.25, -0.2) is 0 Å². The van der Waals surface area contributed by atoms with Crippen molar-refractivity contribution in [2.75, 3.05) is 28.3 Å². The smallest absolute Gasteiger partial charge is 0.135 e. The Hall–Kier alpha value is -1.02. The molecule has 0 fully saturated rings. The zero-order valence-electron chi connectivity index (χ0n) is 9.09. The highest BCUT2D eigenvalue weighted by molar-refractivity contribution is 5.51. The molecule has 1 aromatic carbocycles. The monoisotopic (exact) mass is 180 g/mol. The number of hydrogen-bond acceptors (Lipinski definition) is 1. The standard InChI is InChI=1S/C11H18NO/c1-9-8-10(13-5)6-7-11(9)12(2,3)4/h6-8H,1-5H3/q+1. The molecule has 0 aliphatic rings. The predicted molar refractivity (Wildman–Crippen MR) is 57.3 cm³/mol. The van der Waals surface area contributed by atoms with Gasteiger partial charge in [0.1, 0.15) is 11.4 Å². The number of methoxy groups -OCH3 is 1. The number of aryl methyl sites for hydroxylation is 1. The maximum atomic E-state index is 5.16. The minimum atomic E-state index is 0.843. The second kappa shape index (κ2) is 3.38. The van der Waals surface area contributed by atoms with Crippen LogP contribution in [0.25, 0.3) is 0 Å². The Balaban J connectivity index is 3.13. The van der Waals surface area contributed by atoms with E-state index in [0.717, 1.165) is 10.2 Å². The summed E-state index contributed by atoms with van der Waals surface area (Å²) in [6, 6.07) is 6.19. The molecule has 2 heteroatoms. The molecule has 72 valence electrons. The molecule has 0 N–H and O–H groups in total. The third-order valence-electron chi connectivity index (χ3n) is 2.13. The summed E-state index contributed by atoms with van der Waals surface area (Å²) in [7, 11) is 8.18. The van der Waals surface area contributed by atoms with Crippen molar-refractivity contribution in [2.24, 2.45) is 0 Å². The Kier molecular flexibility index (Phi) is 2.62. The van der Waals surface area contributed by atoms with Crippen molar-refractivity contribution in [3.05, 3.63) is 23.8 Å². The van der Waals surface area contributed by atoms with Crippen LogP contribution in [0.2, 0.25) is 0 Å². The Bertz CT molecular complexity index is 299. The van der Waals surface area contributed by atoms with Crippen LogP contribution in [-0.2, 0) is 0 Å². The molecular weight excluding hydrogens is 162 g/mol. The van der Waals surface area contributed by atoms with Gasteiger partial charge < -0.3 is 4.74 Å². The highest BCUT2D eigenvalue weighted by Crippen LogP contribution is 2.25. The van der Waals surface area contributed by atoms with Gasteiger partial charge in [-0.05, 0) is 19.1 Å². The summed E-state index contributed by atoms with van der Waals surface area (Å²) >= 11 is 0. The third-order valence-corrected chi connectivity index (χ3v) is 2.13. The van der Waals surface area contributed by atoms with E-state index in [1.807, 2.05) is 6.07 Å². The lowest BCUT2D eigenvalue weighted by atomic mass is 10.1. The van der Waals surface area contributed by atoms with Crippen LogP contribution in [0.1, 0.15) is 5.56 Å². The highest BCUT2D eigenvalue weighted by atomic mass is 16.5. The number of benzene rings is 1. The van der Waals surface area contributed by atoms with Gasteiger partial charge >= 0.3 is 0 Å². The van der Waals surface area contributed by atoms with Crippen LogP contribution in [0.3, 0.4) is 0 Å². The quantitative estimate of drug-likeness (QED) is 0.634. The first-order chi connectivity index (χ1) is 5.95. The summed E-state index contributed by atoms with van der Waals surface area (Å²) in [5, 5.41) is 0. The summed E-state index contributed by atoms with van der Waals surface area (Å²) < 4.78 is 6.00. The molecule has 0 heterocycles. The zero-order valence-corrected chi connectivity index (χ0v) is 9.09. The van der Waals surface area contributed by atoms with E-state index in [0.29, 0.717) is 0 Å². The normalized spacial score (nSPS) is 11.5. The maximum absolute atomic E-state index is 5.16. The average Bonchev–Trinajstić information content (AvgIpc) is 2.01. The van der Waals surface area contributed by atoms with Crippen LogP contribution < -0.4 is 9.22 Å². The van der Waals surface area contributed by atoms with E-state index >= 15 is 0 Å². The summed E-state index contributed by atoms with van der Waals surface area (Å²) in [6.45, 7) is 2.11. The number of nitrogens with zero attached hydrogens (tertiary/aromatic N) is 1. The first-order valence-corrected chi connectivity index (χ1v) is 4.42. The first-order valence-electron chi connectivity index (χ1n) is 4.42. The van der Waals surface area contributed by atoms with Crippen LogP contribution in [-0.4, -0.2) is 28.3 Å². The molecule has 0 bridgehead atoms. The van der Waals surface area contributed by atoms with Gasteiger partial charge in [0.2, 0.25) is 0 Å². The molecule has 0 unspecified atom stereocenters. The molecule has 0 spiro atoms. The molecule has 13 heavy (non-hydrogen) atoms. The van der Waals surface area contributed by atoms with E-state index in [2.05, 4.69) is 40.2 Å². The molecule has 0 amide bonds. The lowest BCUT2D eigenvalue weighted by Gasteiger charge is -2.25. The minimum Gasteiger partial charge on any atom is -0.497 e. The lowest BCUT2D eigenvalue weighted by Crippen LogP contribution is -2.35. The van der Waals surface area contributed by atoms with Crippen LogP contribution in [0.4, 0.5) is 5.69 Å². The first kappa shape index (κ1) is 10.1. The van der Waals surface area contributed by atoms with E-state index in [9.17, 15) is 0 Å².